The van der Waals surface area contributed by atoms with Crippen molar-refractivity contribution in [3.05, 3.63) is 0 Å². The number of ether oxygens (including phenoxy) is 1. The van der Waals surface area contributed by atoms with E-state index in [1.54, 1.807) is 34.6 Å². The number of hydrazone groups is 1. The number of carbonyl (C=O) groups excluding carboxylic acids is 3. The Morgan fingerprint density at radius 2 is 1.91 bits per heavy atom. The molecule has 1 atom stereocenters. The minimum atomic E-state index is -0.796. The van der Waals surface area contributed by atoms with Crippen molar-refractivity contribution in [3.8, 4) is 0 Å². The van der Waals surface area contributed by atoms with Gasteiger partial charge in [0.25, 0.3) is 0 Å². The summed E-state index contributed by atoms with van der Waals surface area (Å²) in [5, 5.41) is 5.46. The van der Waals surface area contributed by atoms with Gasteiger partial charge in [0.15, 0.2) is 0 Å². The Morgan fingerprint density at radius 1 is 1.27 bits per heavy atom. The molecule has 0 aromatic carbocycles. The predicted molar refractivity (Wildman–Crippen MR) is 83.7 cm³/mol. The van der Waals surface area contributed by atoms with Crippen LogP contribution in [0.1, 0.15) is 60.3 Å². The SMILES string of the molecule is CCC(=O)C1C(=O)CCC/C1=N/N(CC)C(=O)OC(C)(C)C. The van der Waals surface area contributed by atoms with Gasteiger partial charge in [0.05, 0.1) is 5.71 Å². The van der Waals surface area contributed by atoms with Crippen LogP contribution in [-0.2, 0) is 14.3 Å². The molecule has 1 amide bonds. The normalized spacial score (nSPS) is 20.9. The van der Waals surface area contributed by atoms with Gasteiger partial charge in [0, 0.05) is 19.4 Å². The Hall–Kier alpha value is -1.72. The van der Waals surface area contributed by atoms with E-state index in [2.05, 4.69) is 5.10 Å². The lowest BCUT2D eigenvalue weighted by molar-refractivity contribution is -0.130. The van der Waals surface area contributed by atoms with Crippen LogP contribution in [0.2, 0.25) is 0 Å². The summed E-state index contributed by atoms with van der Waals surface area (Å²) in [4.78, 5) is 36.2. The second-order valence-electron chi connectivity index (χ2n) is 6.36. The van der Waals surface area contributed by atoms with Crippen LogP contribution >= 0.6 is 0 Å². The second kappa shape index (κ2) is 7.51. The first kappa shape index (κ1) is 18.3. The molecular formula is C16H26N2O4. The van der Waals surface area contributed by atoms with E-state index in [-0.39, 0.29) is 18.0 Å². The van der Waals surface area contributed by atoms with Gasteiger partial charge in [-0.3, -0.25) is 9.59 Å². The van der Waals surface area contributed by atoms with Gasteiger partial charge in [0.1, 0.15) is 23.1 Å². The van der Waals surface area contributed by atoms with Gasteiger partial charge in [0.2, 0.25) is 0 Å². The van der Waals surface area contributed by atoms with E-state index in [9.17, 15) is 14.4 Å². The maximum Gasteiger partial charge on any atom is 0.430 e. The lowest BCUT2D eigenvalue weighted by Gasteiger charge is -2.26. The molecule has 0 spiro atoms. The second-order valence-corrected chi connectivity index (χ2v) is 6.36. The first-order valence-electron chi connectivity index (χ1n) is 7.82. The molecule has 1 saturated carbocycles. The molecule has 1 fully saturated rings. The molecule has 0 N–H and O–H groups in total. The molecule has 0 bridgehead atoms. The molecule has 0 radical (unpaired) electrons. The van der Waals surface area contributed by atoms with Crippen molar-refractivity contribution in [2.24, 2.45) is 11.0 Å². The molecule has 6 nitrogen and oxygen atoms in total. The zero-order valence-electron chi connectivity index (χ0n) is 14.1. The number of nitrogens with zero attached hydrogens (tertiary/aromatic N) is 2. The fourth-order valence-electron chi connectivity index (χ4n) is 2.31. The van der Waals surface area contributed by atoms with Gasteiger partial charge < -0.3 is 4.74 Å². The van der Waals surface area contributed by atoms with E-state index in [4.69, 9.17) is 4.74 Å². The molecule has 0 aromatic heterocycles. The summed E-state index contributed by atoms with van der Waals surface area (Å²) in [7, 11) is 0. The maximum atomic E-state index is 12.1. The summed E-state index contributed by atoms with van der Waals surface area (Å²) in [6.07, 6.45) is 1.34. The summed E-state index contributed by atoms with van der Waals surface area (Å²) in [5.41, 5.74) is -0.137. The molecule has 0 heterocycles. The lowest BCUT2D eigenvalue weighted by atomic mass is 9.82. The Balaban J connectivity index is 3.00. The van der Waals surface area contributed by atoms with E-state index in [0.717, 1.165) is 0 Å². The van der Waals surface area contributed by atoms with Crippen LogP contribution in [-0.4, -0.2) is 40.5 Å². The Morgan fingerprint density at radius 3 is 2.41 bits per heavy atom. The smallest absolute Gasteiger partial charge is 0.430 e. The van der Waals surface area contributed by atoms with Gasteiger partial charge >= 0.3 is 6.09 Å². The average Bonchev–Trinajstić information content (AvgIpc) is 2.42. The third kappa shape index (κ3) is 4.93. The van der Waals surface area contributed by atoms with Gasteiger partial charge in [-0.2, -0.15) is 10.1 Å². The lowest BCUT2D eigenvalue weighted by Crippen LogP contribution is -2.39. The molecule has 1 rings (SSSR count). The van der Waals surface area contributed by atoms with Crippen molar-refractivity contribution < 1.29 is 19.1 Å². The number of Topliss-reactive ketones (excluding diaryl/α,β-unsaturated/α-hetero) is 2. The third-order valence-electron chi connectivity index (χ3n) is 3.33. The van der Waals surface area contributed by atoms with Crippen LogP contribution in [0.15, 0.2) is 5.10 Å². The average molecular weight is 310 g/mol. The number of hydrogen-bond donors (Lipinski definition) is 0. The van der Waals surface area contributed by atoms with Gasteiger partial charge in [-0.1, -0.05) is 6.92 Å². The highest BCUT2D eigenvalue weighted by Crippen LogP contribution is 2.22. The van der Waals surface area contributed by atoms with Crippen molar-refractivity contribution in [1.82, 2.24) is 5.01 Å². The molecule has 124 valence electrons. The zero-order chi connectivity index (χ0) is 16.9. The molecule has 6 heteroatoms. The highest BCUT2D eigenvalue weighted by Gasteiger charge is 2.34. The summed E-state index contributed by atoms with van der Waals surface area (Å²) in [6, 6.07) is 0. The summed E-state index contributed by atoms with van der Waals surface area (Å²) >= 11 is 0. The van der Waals surface area contributed by atoms with Crippen LogP contribution < -0.4 is 0 Å². The van der Waals surface area contributed by atoms with Crippen molar-refractivity contribution in [1.29, 1.82) is 0 Å². The number of carbonyl (C=O) groups is 3. The van der Waals surface area contributed by atoms with E-state index in [1.807, 2.05) is 0 Å². The highest BCUT2D eigenvalue weighted by molar-refractivity contribution is 6.22. The van der Waals surface area contributed by atoms with Crippen LogP contribution in [0.4, 0.5) is 4.79 Å². The third-order valence-corrected chi connectivity index (χ3v) is 3.33. The first-order valence-corrected chi connectivity index (χ1v) is 7.82. The van der Waals surface area contributed by atoms with Crippen LogP contribution in [0.25, 0.3) is 0 Å². The number of rotatable bonds is 4. The van der Waals surface area contributed by atoms with Gasteiger partial charge in [-0.15, -0.1) is 0 Å². The summed E-state index contributed by atoms with van der Waals surface area (Å²) in [5.74, 6) is -1.03. The van der Waals surface area contributed by atoms with Crippen LogP contribution in [0.5, 0.6) is 0 Å². The molecule has 22 heavy (non-hydrogen) atoms. The number of hydrogen-bond acceptors (Lipinski definition) is 5. The largest absolute Gasteiger partial charge is 0.442 e. The van der Waals surface area contributed by atoms with Crippen molar-refractivity contribution in [2.75, 3.05) is 6.54 Å². The van der Waals surface area contributed by atoms with Gasteiger partial charge in [-0.25, -0.2) is 4.79 Å². The molecule has 0 aliphatic heterocycles. The first-order chi connectivity index (χ1) is 10.2. The Bertz CT molecular complexity index is 469. The summed E-state index contributed by atoms with van der Waals surface area (Å²) in [6.45, 7) is 9.15. The van der Waals surface area contributed by atoms with Gasteiger partial charge in [-0.05, 0) is 40.5 Å². The predicted octanol–water partition coefficient (Wildman–Crippen LogP) is 2.95. The number of amides is 1. The zero-order valence-corrected chi connectivity index (χ0v) is 14.1. The van der Waals surface area contributed by atoms with Crippen molar-refractivity contribution >= 4 is 23.4 Å². The summed E-state index contributed by atoms with van der Waals surface area (Å²) < 4.78 is 5.29. The van der Waals surface area contributed by atoms with E-state index >= 15 is 0 Å². The molecule has 1 aliphatic rings. The van der Waals surface area contributed by atoms with Crippen LogP contribution in [0.3, 0.4) is 0 Å². The monoisotopic (exact) mass is 310 g/mol. The fraction of sp³-hybridized carbons (Fsp3) is 0.750. The Kier molecular flexibility index (Phi) is 6.26. The standard InChI is InChI=1S/C16H26N2O4/c1-6-12(19)14-11(9-8-10-13(14)20)17-18(7-2)15(21)22-16(3,4)5/h14H,6-10H2,1-5H3/b17-11-. The van der Waals surface area contributed by atoms with E-state index < -0.39 is 17.6 Å². The minimum Gasteiger partial charge on any atom is -0.442 e. The maximum absolute atomic E-state index is 12.1. The van der Waals surface area contributed by atoms with Crippen LogP contribution in [0, 0.1) is 5.92 Å². The minimum absolute atomic E-state index is 0.0999. The van der Waals surface area contributed by atoms with Crippen molar-refractivity contribution in [2.45, 2.75) is 65.9 Å². The number of ketones is 2. The molecule has 0 aromatic rings. The van der Waals surface area contributed by atoms with Crippen molar-refractivity contribution in [3.63, 3.8) is 0 Å². The molecule has 1 aliphatic carbocycles. The molecule has 1 unspecified atom stereocenters. The highest BCUT2D eigenvalue weighted by atomic mass is 16.6. The van der Waals surface area contributed by atoms with E-state index in [0.29, 0.717) is 31.5 Å². The molecular weight excluding hydrogens is 284 g/mol. The molecule has 0 saturated heterocycles. The Labute approximate surface area is 131 Å². The topological polar surface area (TPSA) is 76.0 Å². The van der Waals surface area contributed by atoms with E-state index in [1.165, 1.54) is 5.01 Å². The quantitative estimate of drug-likeness (QED) is 0.591. The fourth-order valence-corrected chi connectivity index (χ4v) is 2.31.